The third-order valence-corrected chi connectivity index (χ3v) is 5.44. The summed E-state index contributed by atoms with van der Waals surface area (Å²) in [5, 5.41) is 6.78. The van der Waals surface area contributed by atoms with Gasteiger partial charge in [-0.1, -0.05) is 24.3 Å². The zero-order valence-electron chi connectivity index (χ0n) is 18.0. The molecule has 2 heterocycles. The van der Waals surface area contributed by atoms with Crippen LogP contribution in [-0.4, -0.2) is 41.5 Å². The highest BCUT2D eigenvalue weighted by Crippen LogP contribution is 2.30. The first-order valence-corrected chi connectivity index (χ1v) is 10.7. The highest BCUT2D eigenvalue weighted by molar-refractivity contribution is 5.80. The van der Waals surface area contributed by atoms with Gasteiger partial charge in [-0.2, -0.15) is 13.2 Å². The van der Waals surface area contributed by atoms with Crippen molar-refractivity contribution in [3.63, 3.8) is 0 Å². The molecule has 3 rings (SSSR count). The second kappa shape index (κ2) is 10.6. The number of nitrogens with one attached hydrogen (secondary N) is 2. The summed E-state index contributed by atoms with van der Waals surface area (Å²) in [6, 6.07) is 9.83. The fourth-order valence-electron chi connectivity index (χ4n) is 3.69. The molecule has 1 aliphatic rings. The average molecular weight is 434 g/mol. The SMILES string of the molecule is CCNC(=NCc1ncccc1C)NC1CCN(Cc2cccc(C(F)(F)F)c2)CC1. The van der Waals surface area contributed by atoms with Gasteiger partial charge in [0.15, 0.2) is 5.96 Å². The Bertz CT molecular complexity index is 874. The number of benzene rings is 1. The molecule has 0 saturated carbocycles. The zero-order chi connectivity index (χ0) is 22.3. The third-order valence-electron chi connectivity index (χ3n) is 5.44. The Morgan fingerprint density at radius 2 is 1.97 bits per heavy atom. The molecule has 0 atom stereocenters. The largest absolute Gasteiger partial charge is 0.416 e. The number of aromatic nitrogens is 1. The van der Waals surface area contributed by atoms with Gasteiger partial charge in [-0.3, -0.25) is 9.88 Å². The van der Waals surface area contributed by atoms with E-state index in [0.29, 0.717) is 18.7 Å². The second-order valence-electron chi connectivity index (χ2n) is 7.86. The molecule has 31 heavy (non-hydrogen) atoms. The summed E-state index contributed by atoms with van der Waals surface area (Å²) in [6.07, 6.45) is -0.709. The lowest BCUT2D eigenvalue weighted by molar-refractivity contribution is -0.137. The summed E-state index contributed by atoms with van der Waals surface area (Å²) in [6.45, 7) is 7.51. The molecule has 168 valence electrons. The van der Waals surface area contributed by atoms with Crippen LogP contribution in [0.3, 0.4) is 0 Å². The average Bonchev–Trinajstić information content (AvgIpc) is 2.74. The lowest BCUT2D eigenvalue weighted by Gasteiger charge is -2.33. The standard InChI is InChI=1S/C23H30F3N5/c1-3-27-22(29-15-21-17(2)6-5-11-28-21)30-20-9-12-31(13-10-20)16-18-7-4-8-19(14-18)23(24,25)26/h4-8,11,14,20H,3,9-10,12-13,15-16H2,1-2H3,(H2,27,29,30). The van der Waals surface area contributed by atoms with E-state index in [1.165, 1.54) is 12.1 Å². The van der Waals surface area contributed by atoms with E-state index in [1.54, 1.807) is 12.3 Å². The van der Waals surface area contributed by atoms with Crippen molar-refractivity contribution in [2.75, 3.05) is 19.6 Å². The minimum absolute atomic E-state index is 0.278. The molecule has 1 aromatic heterocycles. The Hall–Kier alpha value is -2.61. The first-order valence-electron chi connectivity index (χ1n) is 10.7. The Labute approximate surface area is 181 Å². The van der Waals surface area contributed by atoms with E-state index in [0.717, 1.165) is 55.8 Å². The molecular formula is C23H30F3N5. The smallest absolute Gasteiger partial charge is 0.357 e. The molecule has 0 spiro atoms. The zero-order valence-corrected chi connectivity index (χ0v) is 18.0. The number of likely N-dealkylation sites (tertiary alicyclic amines) is 1. The summed E-state index contributed by atoms with van der Waals surface area (Å²) in [5.74, 6) is 0.767. The fourth-order valence-corrected chi connectivity index (χ4v) is 3.69. The van der Waals surface area contributed by atoms with Crippen molar-refractivity contribution in [2.24, 2.45) is 4.99 Å². The van der Waals surface area contributed by atoms with Crippen molar-refractivity contribution in [2.45, 2.75) is 52.0 Å². The number of pyridine rings is 1. The number of rotatable bonds is 6. The van der Waals surface area contributed by atoms with Gasteiger partial charge in [0.1, 0.15) is 0 Å². The molecule has 1 aromatic carbocycles. The van der Waals surface area contributed by atoms with Crippen molar-refractivity contribution in [1.29, 1.82) is 0 Å². The third kappa shape index (κ3) is 6.95. The Balaban J connectivity index is 1.52. The molecule has 0 unspecified atom stereocenters. The van der Waals surface area contributed by atoms with Gasteiger partial charge in [0.25, 0.3) is 0 Å². The summed E-state index contributed by atoms with van der Waals surface area (Å²) < 4.78 is 38.8. The molecule has 5 nitrogen and oxygen atoms in total. The minimum Gasteiger partial charge on any atom is -0.357 e. The monoisotopic (exact) mass is 433 g/mol. The number of alkyl halides is 3. The van der Waals surface area contributed by atoms with E-state index in [4.69, 9.17) is 0 Å². The van der Waals surface area contributed by atoms with E-state index in [2.05, 4.69) is 25.5 Å². The van der Waals surface area contributed by atoms with E-state index >= 15 is 0 Å². The van der Waals surface area contributed by atoms with E-state index in [-0.39, 0.29) is 6.04 Å². The second-order valence-corrected chi connectivity index (χ2v) is 7.86. The molecule has 1 saturated heterocycles. The Morgan fingerprint density at radius 3 is 2.65 bits per heavy atom. The van der Waals surface area contributed by atoms with Crippen LogP contribution in [0, 0.1) is 6.92 Å². The lowest BCUT2D eigenvalue weighted by Crippen LogP contribution is -2.48. The number of halogens is 3. The normalized spacial score (nSPS) is 16.4. The van der Waals surface area contributed by atoms with Gasteiger partial charge in [-0.05, 0) is 49.9 Å². The highest BCUT2D eigenvalue weighted by Gasteiger charge is 2.30. The molecule has 0 radical (unpaired) electrons. The fraction of sp³-hybridized carbons (Fsp3) is 0.478. The first kappa shape index (κ1) is 23.1. The van der Waals surface area contributed by atoms with Crippen LogP contribution in [0.25, 0.3) is 0 Å². The van der Waals surface area contributed by atoms with Gasteiger partial charge in [0, 0.05) is 38.4 Å². The maximum atomic E-state index is 12.9. The van der Waals surface area contributed by atoms with E-state index in [1.807, 2.05) is 26.0 Å². The summed E-state index contributed by atoms with van der Waals surface area (Å²) >= 11 is 0. The van der Waals surface area contributed by atoms with Crippen LogP contribution >= 0.6 is 0 Å². The van der Waals surface area contributed by atoms with Gasteiger partial charge in [-0.15, -0.1) is 0 Å². The van der Waals surface area contributed by atoms with Crippen LogP contribution in [0.2, 0.25) is 0 Å². The lowest BCUT2D eigenvalue weighted by atomic mass is 10.0. The highest BCUT2D eigenvalue weighted by atomic mass is 19.4. The maximum absolute atomic E-state index is 12.9. The maximum Gasteiger partial charge on any atom is 0.416 e. The van der Waals surface area contributed by atoms with Crippen LogP contribution in [0.15, 0.2) is 47.6 Å². The molecule has 0 amide bonds. The topological polar surface area (TPSA) is 52.6 Å². The first-order chi connectivity index (χ1) is 14.8. The molecular weight excluding hydrogens is 403 g/mol. The van der Waals surface area contributed by atoms with Gasteiger partial charge in [0.05, 0.1) is 17.8 Å². The molecule has 2 aromatic rings. The van der Waals surface area contributed by atoms with Crippen LogP contribution in [0.4, 0.5) is 13.2 Å². The Morgan fingerprint density at radius 1 is 1.19 bits per heavy atom. The van der Waals surface area contributed by atoms with Crippen LogP contribution in [0.5, 0.6) is 0 Å². The number of hydrogen-bond donors (Lipinski definition) is 2. The van der Waals surface area contributed by atoms with Crippen LogP contribution in [0.1, 0.15) is 42.1 Å². The molecule has 0 aliphatic carbocycles. The number of hydrogen-bond acceptors (Lipinski definition) is 3. The van der Waals surface area contributed by atoms with Crippen molar-refractivity contribution >= 4 is 5.96 Å². The van der Waals surface area contributed by atoms with Crippen molar-refractivity contribution in [1.82, 2.24) is 20.5 Å². The van der Waals surface area contributed by atoms with Gasteiger partial charge >= 0.3 is 6.18 Å². The van der Waals surface area contributed by atoms with Crippen LogP contribution < -0.4 is 10.6 Å². The summed E-state index contributed by atoms with van der Waals surface area (Å²) in [4.78, 5) is 11.3. The Kier molecular flexibility index (Phi) is 7.90. The van der Waals surface area contributed by atoms with Gasteiger partial charge < -0.3 is 10.6 Å². The van der Waals surface area contributed by atoms with E-state index in [9.17, 15) is 13.2 Å². The van der Waals surface area contributed by atoms with Gasteiger partial charge in [0.2, 0.25) is 0 Å². The minimum atomic E-state index is -4.30. The van der Waals surface area contributed by atoms with Gasteiger partial charge in [-0.25, -0.2) is 4.99 Å². The van der Waals surface area contributed by atoms with Crippen molar-refractivity contribution in [3.05, 3.63) is 65.0 Å². The number of aliphatic imine (C=N–C) groups is 1. The summed E-state index contributed by atoms with van der Waals surface area (Å²) in [7, 11) is 0. The van der Waals surface area contributed by atoms with Crippen LogP contribution in [-0.2, 0) is 19.3 Å². The number of guanidine groups is 1. The van der Waals surface area contributed by atoms with E-state index < -0.39 is 11.7 Å². The number of piperidine rings is 1. The molecule has 1 aliphatic heterocycles. The molecule has 2 N–H and O–H groups in total. The quantitative estimate of drug-likeness (QED) is 0.531. The molecule has 8 heteroatoms. The number of nitrogens with zero attached hydrogens (tertiary/aromatic N) is 3. The predicted molar refractivity (Wildman–Crippen MR) is 117 cm³/mol. The molecule has 1 fully saturated rings. The van der Waals surface area contributed by atoms with Crippen molar-refractivity contribution in [3.8, 4) is 0 Å². The molecule has 0 bridgehead atoms. The predicted octanol–water partition coefficient (Wildman–Crippen LogP) is 4.13. The number of aryl methyl sites for hydroxylation is 1. The summed E-state index contributed by atoms with van der Waals surface area (Å²) in [5.41, 5.74) is 2.18. The van der Waals surface area contributed by atoms with Crippen molar-refractivity contribution < 1.29 is 13.2 Å².